The van der Waals surface area contributed by atoms with Gasteiger partial charge < -0.3 is 10.6 Å². The van der Waals surface area contributed by atoms with Gasteiger partial charge in [0.15, 0.2) is 4.34 Å². The summed E-state index contributed by atoms with van der Waals surface area (Å²) in [6.45, 7) is 2.50. The van der Waals surface area contributed by atoms with Gasteiger partial charge in [-0.15, -0.1) is 10.2 Å². The Kier molecular flexibility index (Phi) is 6.41. The number of amides is 1. The fourth-order valence-corrected chi connectivity index (χ4v) is 4.07. The van der Waals surface area contributed by atoms with Gasteiger partial charge in [0.2, 0.25) is 11.0 Å². The molecule has 0 aliphatic rings. The second kappa shape index (κ2) is 9.16. The zero-order valence-electron chi connectivity index (χ0n) is 14.5. The predicted octanol–water partition coefficient (Wildman–Crippen LogP) is 4.14. The van der Waals surface area contributed by atoms with Gasteiger partial charge in [0, 0.05) is 12.2 Å². The maximum absolute atomic E-state index is 12.3. The van der Waals surface area contributed by atoms with E-state index in [2.05, 4.69) is 20.8 Å². The lowest BCUT2D eigenvalue weighted by molar-refractivity contribution is -0.115. The Morgan fingerprint density at radius 3 is 2.63 bits per heavy atom. The molecule has 8 heteroatoms. The molecule has 0 bridgehead atoms. The maximum atomic E-state index is 12.3. The summed E-state index contributed by atoms with van der Waals surface area (Å²) >= 11 is 2.78. The average molecular weight is 396 g/mol. The third-order valence-corrected chi connectivity index (χ3v) is 5.69. The lowest BCUT2D eigenvalue weighted by atomic mass is 10.2. The molecule has 2 aromatic carbocycles. The largest absolute Gasteiger partial charge is 0.356 e. The Labute approximate surface area is 165 Å². The summed E-state index contributed by atoms with van der Waals surface area (Å²) < 4.78 is 0.730. The third-order valence-electron chi connectivity index (χ3n) is 3.62. The molecule has 0 saturated heterocycles. The van der Waals surface area contributed by atoms with Crippen molar-refractivity contribution in [2.45, 2.75) is 23.1 Å². The summed E-state index contributed by atoms with van der Waals surface area (Å²) in [5.74, 6) is -0.126. The second-order valence-corrected chi connectivity index (χ2v) is 8.22. The average Bonchev–Trinajstić information content (AvgIpc) is 3.15. The number of nitrogens with one attached hydrogen (secondary N) is 2. The Balaban J connectivity index is 1.51. The molecule has 136 valence electrons. The number of carbonyl (C=O) groups is 1. The predicted molar refractivity (Wildman–Crippen MR) is 109 cm³/mol. The summed E-state index contributed by atoms with van der Waals surface area (Å²) in [7, 11) is 0. The lowest BCUT2D eigenvalue weighted by Gasteiger charge is -2.10. The van der Waals surface area contributed by atoms with Crippen LogP contribution in [0.25, 0.3) is 0 Å². The zero-order valence-corrected chi connectivity index (χ0v) is 16.2. The first-order valence-electron chi connectivity index (χ1n) is 8.23. The first kappa shape index (κ1) is 18.9. The molecule has 0 unspecified atom stereocenters. The van der Waals surface area contributed by atoms with Crippen molar-refractivity contribution in [3.63, 3.8) is 0 Å². The van der Waals surface area contributed by atoms with Crippen molar-refractivity contribution in [2.75, 3.05) is 10.6 Å². The van der Waals surface area contributed by atoms with Crippen molar-refractivity contribution in [1.29, 1.82) is 5.26 Å². The standard InChI is InChI=1S/C19H17N5OS2/c1-13(17(25)22-16-9-7-14(11-20)8-10-16)26-19-24-23-18(27-19)21-12-15-5-3-2-4-6-15/h2-10,13H,12H2,1H3,(H,21,23)(H,22,25)/t13-/m1/s1. The van der Waals surface area contributed by atoms with E-state index in [-0.39, 0.29) is 11.2 Å². The topological polar surface area (TPSA) is 90.7 Å². The molecule has 1 aromatic heterocycles. The molecule has 27 heavy (non-hydrogen) atoms. The summed E-state index contributed by atoms with van der Waals surface area (Å²) in [6, 6.07) is 18.9. The number of anilines is 2. The van der Waals surface area contributed by atoms with Crippen LogP contribution in [0.2, 0.25) is 0 Å². The molecular weight excluding hydrogens is 378 g/mol. The molecule has 1 amide bonds. The second-order valence-electron chi connectivity index (χ2n) is 5.65. The van der Waals surface area contributed by atoms with E-state index < -0.39 is 0 Å². The van der Waals surface area contributed by atoms with Crippen molar-refractivity contribution < 1.29 is 4.79 Å². The molecule has 1 heterocycles. The van der Waals surface area contributed by atoms with Gasteiger partial charge in [0.05, 0.1) is 16.9 Å². The SMILES string of the molecule is C[C@@H](Sc1nnc(NCc2ccccc2)s1)C(=O)Nc1ccc(C#N)cc1. The van der Waals surface area contributed by atoms with E-state index in [0.717, 1.165) is 15.0 Å². The van der Waals surface area contributed by atoms with Crippen LogP contribution in [0.1, 0.15) is 18.1 Å². The number of hydrogen-bond acceptors (Lipinski definition) is 7. The van der Waals surface area contributed by atoms with Crippen LogP contribution in [-0.2, 0) is 11.3 Å². The number of benzene rings is 2. The summed E-state index contributed by atoms with van der Waals surface area (Å²) in [5.41, 5.74) is 2.38. The lowest BCUT2D eigenvalue weighted by Crippen LogP contribution is -2.22. The minimum atomic E-state index is -0.324. The van der Waals surface area contributed by atoms with Gasteiger partial charge in [-0.2, -0.15) is 5.26 Å². The van der Waals surface area contributed by atoms with Crippen LogP contribution < -0.4 is 10.6 Å². The molecule has 0 fully saturated rings. The number of hydrogen-bond donors (Lipinski definition) is 2. The molecule has 2 N–H and O–H groups in total. The molecule has 0 aliphatic heterocycles. The third kappa shape index (κ3) is 5.54. The summed E-state index contributed by atoms with van der Waals surface area (Å²) in [5, 5.41) is 23.5. The van der Waals surface area contributed by atoms with Gasteiger partial charge >= 0.3 is 0 Å². The molecular formula is C19H17N5OS2. The van der Waals surface area contributed by atoms with Crippen LogP contribution in [0, 0.1) is 11.3 Å². The highest BCUT2D eigenvalue weighted by atomic mass is 32.2. The van der Waals surface area contributed by atoms with Gasteiger partial charge in [-0.25, -0.2) is 0 Å². The van der Waals surface area contributed by atoms with Gasteiger partial charge in [0.25, 0.3) is 0 Å². The molecule has 0 saturated carbocycles. The highest BCUT2D eigenvalue weighted by Crippen LogP contribution is 2.29. The molecule has 0 aliphatic carbocycles. The number of nitriles is 1. The summed E-state index contributed by atoms with van der Waals surface area (Å²) in [6.07, 6.45) is 0. The summed E-state index contributed by atoms with van der Waals surface area (Å²) in [4.78, 5) is 12.3. The number of rotatable bonds is 7. The van der Waals surface area contributed by atoms with Gasteiger partial charge in [-0.3, -0.25) is 4.79 Å². The van der Waals surface area contributed by atoms with Crippen molar-refractivity contribution in [1.82, 2.24) is 10.2 Å². The van der Waals surface area contributed by atoms with Crippen LogP contribution in [0.5, 0.6) is 0 Å². The van der Waals surface area contributed by atoms with Gasteiger partial charge in [-0.05, 0) is 36.8 Å². The maximum Gasteiger partial charge on any atom is 0.237 e. The quantitative estimate of drug-likeness (QED) is 0.584. The van der Waals surface area contributed by atoms with Crippen molar-refractivity contribution in [2.24, 2.45) is 0 Å². The fraction of sp³-hybridized carbons (Fsp3) is 0.158. The molecule has 0 radical (unpaired) electrons. The molecule has 3 rings (SSSR count). The smallest absolute Gasteiger partial charge is 0.237 e. The van der Waals surface area contributed by atoms with E-state index in [1.165, 1.54) is 23.1 Å². The normalized spacial score (nSPS) is 11.4. The van der Waals surface area contributed by atoms with Gasteiger partial charge in [0.1, 0.15) is 0 Å². The van der Waals surface area contributed by atoms with Crippen LogP contribution in [0.4, 0.5) is 10.8 Å². The Bertz CT molecular complexity index is 935. The van der Waals surface area contributed by atoms with Crippen LogP contribution in [-0.4, -0.2) is 21.4 Å². The molecule has 1 atom stereocenters. The van der Waals surface area contributed by atoms with E-state index in [1.54, 1.807) is 24.3 Å². The first-order chi connectivity index (χ1) is 13.1. The zero-order chi connectivity index (χ0) is 19.1. The minimum Gasteiger partial charge on any atom is -0.356 e. The number of nitrogens with zero attached hydrogens (tertiary/aromatic N) is 3. The number of aromatic nitrogens is 2. The fourth-order valence-electron chi connectivity index (χ4n) is 2.18. The van der Waals surface area contributed by atoms with Crippen molar-refractivity contribution in [3.05, 3.63) is 65.7 Å². The number of carbonyl (C=O) groups excluding carboxylic acids is 1. The van der Waals surface area contributed by atoms with Crippen LogP contribution >= 0.6 is 23.1 Å². The highest BCUT2D eigenvalue weighted by Gasteiger charge is 2.17. The molecule has 3 aromatic rings. The van der Waals surface area contributed by atoms with E-state index in [0.29, 0.717) is 17.8 Å². The van der Waals surface area contributed by atoms with Crippen molar-refractivity contribution in [3.8, 4) is 6.07 Å². The monoisotopic (exact) mass is 395 g/mol. The Hall–Kier alpha value is -2.89. The minimum absolute atomic E-state index is 0.126. The van der Waals surface area contributed by atoms with Crippen LogP contribution in [0.3, 0.4) is 0 Å². The first-order valence-corrected chi connectivity index (χ1v) is 9.92. The highest BCUT2D eigenvalue weighted by molar-refractivity contribution is 8.02. The molecule has 0 spiro atoms. The van der Waals surface area contributed by atoms with Crippen LogP contribution in [0.15, 0.2) is 58.9 Å². The van der Waals surface area contributed by atoms with E-state index >= 15 is 0 Å². The van der Waals surface area contributed by atoms with E-state index in [9.17, 15) is 4.79 Å². The number of thioether (sulfide) groups is 1. The molecule has 6 nitrogen and oxygen atoms in total. The van der Waals surface area contributed by atoms with E-state index in [1.807, 2.05) is 43.3 Å². The van der Waals surface area contributed by atoms with E-state index in [4.69, 9.17) is 5.26 Å². The van der Waals surface area contributed by atoms with Crippen molar-refractivity contribution >= 4 is 39.8 Å². The Morgan fingerprint density at radius 2 is 1.93 bits per heavy atom. The Morgan fingerprint density at radius 1 is 1.19 bits per heavy atom. The van der Waals surface area contributed by atoms with Gasteiger partial charge in [-0.1, -0.05) is 53.4 Å².